The van der Waals surface area contributed by atoms with Gasteiger partial charge < -0.3 is 9.13 Å². The molecule has 0 unspecified atom stereocenters. The first kappa shape index (κ1) is 30.0. The first-order chi connectivity index (χ1) is 17.3. The van der Waals surface area contributed by atoms with Crippen molar-refractivity contribution in [2.45, 2.75) is 136 Å². The number of hydrogen-bond acceptors (Lipinski definition) is 3. The lowest BCUT2D eigenvalue weighted by molar-refractivity contribution is 0.514. The number of thioether (sulfide) groups is 1. The van der Waals surface area contributed by atoms with Gasteiger partial charge in [-0.2, -0.15) is 11.8 Å². The predicted octanol–water partition coefficient (Wildman–Crippen LogP) is 9.06. The molecule has 0 amide bonds. The zero-order valence-corrected chi connectivity index (χ0v) is 23.7. The average molecular weight is 502 g/mol. The van der Waals surface area contributed by atoms with Crippen molar-refractivity contribution in [3.8, 4) is 0 Å². The number of nitrogens with zero attached hydrogens (tertiary/aromatic N) is 4. The third-order valence-corrected chi connectivity index (χ3v) is 7.91. The second-order valence-corrected chi connectivity index (χ2v) is 11.2. The Morgan fingerprint density at radius 3 is 1.46 bits per heavy atom. The highest BCUT2D eigenvalue weighted by Gasteiger charge is 2.23. The van der Waals surface area contributed by atoms with E-state index in [2.05, 4.69) is 42.3 Å². The van der Waals surface area contributed by atoms with Gasteiger partial charge in [-0.25, -0.2) is 9.97 Å². The Balaban J connectivity index is 1.86. The Labute approximate surface area is 221 Å². The zero-order valence-electron chi connectivity index (χ0n) is 22.9. The molecule has 4 nitrogen and oxygen atoms in total. The Bertz CT molecular complexity index is 680. The van der Waals surface area contributed by atoms with E-state index >= 15 is 0 Å². The maximum Gasteiger partial charge on any atom is 0.120 e. The van der Waals surface area contributed by atoms with Gasteiger partial charge in [0.2, 0.25) is 0 Å². The molecule has 0 saturated heterocycles. The highest BCUT2D eigenvalue weighted by molar-refractivity contribution is 7.99. The van der Waals surface area contributed by atoms with E-state index in [4.69, 9.17) is 9.97 Å². The van der Waals surface area contributed by atoms with Gasteiger partial charge in [-0.3, -0.25) is 0 Å². The van der Waals surface area contributed by atoms with Crippen LogP contribution in [0.15, 0.2) is 24.8 Å². The Morgan fingerprint density at radius 1 is 0.657 bits per heavy atom. The number of hydrogen-bond donors (Lipinski definition) is 0. The van der Waals surface area contributed by atoms with Gasteiger partial charge >= 0.3 is 0 Å². The van der Waals surface area contributed by atoms with E-state index in [-0.39, 0.29) is 5.92 Å². The molecule has 0 bridgehead atoms. The molecule has 35 heavy (non-hydrogen) atoms. The topological polar surface area (TPSA) is 35.6 Å². The first-order valence-corrected chi connectivity index (χ1v) is 15.9. The minimum Gasteiger partial charge on any atom is -0.334 e. The Morgan fingerprint density at radius 2 is 1.06 bits per heavy atom. The minimum absolute atomic E-state index is 0.231. The molecular formula is C30H53N4S. The summed E-state index contributed by atoms with van der Waals surface area (Å²) in [5.41, 5.74) is 0. The molecule has 0 saturated carbocycles. The van der Waals surface area contributed by atoms with Crippen LogP contribution < -0.4 is 0 Å². The van der Waals surface area contributed by atoms with Crippen molar-refractivity contribution in [2.24, 2.45) is 0 Å². The summed E-state index contributed by atoms with van der Waals surface area (Å²) >= 11 is 1.90. The van der Waals surface area contributed by atoms with Crippen LogP contribution in [-0.4, -0.2) is 30.6 Å². The van der Waals surface area contributed by atoms with Gasteiger partial charge in [-0.1, -0.05) is 104 Å². The molecule has 5 heteroatoms. The summed E-state index contributed by atoms with van der Waals surface area (Å²) in [6.45, 7) is 10.8. The summed E-state index contributed by atoms with van der Waals surface area (Å²) in [5, 5.41) is 0. The molecule has 0 aliphatic rings. The number of unbranched alkanes of at least 4 members (excludes halogenated alkanes) is 14. The van der Waals surface area contributed by atoms with Gasteiger partial charge in [-0.15, -0.1) is 0 Å². The molecule has 2 heterocycles. The van der Waals surface area contributed by atoms with Gasteiger partial charge in [0.25, 0.3) is 0 Å². The molecule has 1 radical (unpaired) electrons. The van der Waals surface area contributed by atoms with Crippen molar-refractivity contribution in [3.05, 3.63) is 43.4 Å². The lowest BCUT2D eigenvalue weighted by Gasteiger charge is -2.19. The van der Waals surface area contributed by atoms with E-state index < -0.39 is 0 Å². The number of aryl methyl sites for hydroxylation is 2. The van der Waals surface area contributed by atoms with Gasteiger partial charge in [0.1, 0.15) is 11.6 Å². The van der Waals surface area contributed by atoms with Crippen molar-refractivity contribution < 1.29 is 0 Å². The van der Waals surface area contributed by atoms with Crippen molar-refractivity contribution in [1.82, 2.24) is 19.1 Å². The van der Waals surface area contributed by atoms with Crippen molar-refractivity contribution in [1.29, 1.82) is 0 Å². The standard InChI is InChI=1S/C30H53N4S/c1-4-7-9-11-13-15-17-19-23-33-25-21-31-29(33)28(27-35-6-3)30-32-22-26-34(30)24-20-18-16-14-12-10-8-5-2/h21-22,25-26,28H,3-20,23-24,27H2,1-2H3. The summed E-state index contributed by atoms with van der Waals surface area (Å²) < 4.78 is 4.78. The molecule has 0 spiro atoms. The van der Waals surface area contributed by atoms with Crippen LogP contribution >= 0.6 is 11.8 Å². The Hall–Kier alpha value is -1.23. The molecule has 0 aliphatic heterocycles. The average Bonchev–Trinajstić information content (AvgIpc) is 3.53. The van der Waals surface area contributed by atoms with E-state index in [1.54, 1.807) is 0 Å². The highest BCUT2D eigenvalue weighted by Crippen LogP contribution is 2.27. The van der Waals surface area contributed by atoms with Crippen LogP contribution in [0.5, 0.6) is 0 Å². The van der Waals surface area contributed by atoms with Crippen LogP contribution in [0.3, 0.4) is 0 Å². The summed E-state index contributed by atoms with van der Waals surface area (Å²) in [5.74, 6) is 4.46. The van der Waals surface area contributed by atoms with Crippen molar-refractivity contribution in [3.63, 3.8) is 0 Å². The van der Waals surface area contributed by atoms with Gasteiger partial charge in [0.05, 0.1) is 5.92 Å². The fraction of sp³-hybridized carbons (Fsp3) is 0.767. The summed E-state index contributed by atoms with van der Waals surface area (Å²) in [7, 11) is 0. The van der Waals surface area contributed by atoms with E-state index in [0.717, 1.165) is 24.6 Å². The Kier molecular flexibility index (Phi) is 17.1. The summed E-state index contributed by atoms with van der Waals surface area (Å²) in [4.78, 5) is 9.67. The van der Waals surface area contributed by atoms with Crippen LogP contribution in [0.1, 0.15) is 134 Å². The lowest BCUT2D eigenvalue weighted by Crippen LogP contribution is -2.18. The number of rotatable bonds is 23. The largest absolute Gasteiger partial charge is 0.334 e. The normalized spacial score (nSPS) is 11.7. The molecule has 0 fully saturated rings. The fourth-order valence-corrected chi connectivity index (χ4v) is 5.64. The SMILES string of the molecule is [CH2]CSCC(c1nccn1CCCCCCCCCC)c1nccn1CCCCCCCCCC. The number of aromatic nitrogens is 4. The first-order valence-electron chi connectivity index (χ1n) is 14.7. The molecule has 0 N–H and O–H groups in total. The predicted molar refractivity (Wildman–Crippen MR) is 154 cm³/mol. The molecule has 199 valence electrons. The van der Waals surface area contributed by atoms with Gasteiger partial charge in [0, 0.05) is 43.6 Å². The maximum atomic E-state index is 4.84. The van der Waals surface area contributed by atoms with Crippen LogP contribution in [-0.2, 0) is 13.1 Å². The van der Waals surface area contributed by atoms with Crippen molar-refractivity contribution in [2.75, 3.05) is 11.5 Å². The lowest BCUT2D eigenvalue weighted by atomic mass is 10.1. The quantitative estimate of drug-likeness (QED) is 0.142. The van der Waals surface area contributed by atoms with E-state index in [0.29, 0.717) is 0 Å². The fourth-order valence-electron chi connectivity index (χ4n) is 4.94. The van der Waals surface area contributed by atoms with Crippen LogP contribution in [0, 0.1) is 6.92 Å². The molecule has 2 aromatic heterocycles. The van der Waals surface area contributed by atoms with Gasteiger partial charge in [-0.05, 0) is 25.5 Å². The van der Waals surface area contributed by atoms with E-state index in [1.807, 2.05) is 24.2 Å². The van der Waals surface area contributed by atoms with Crippen LogP contribution in [0.4, 0.5) is 0 Å². The third kappa shape index (κ3) is 12.0. The second-order valence-electron chi connectivity index (χ2n) is 10.0. The molecule has 0 atom stereocenters. The summed E-state index contributed by atoms with van der Waals surface area (Å²) in [6, 6.07) is 0. The molecule has 0 aromatic carbocycles. The minimum atomic E-state index is 0.231. The van der Waals surface area contributed by atoms with Crippen LogP contribution in [0.2, 0.25) is 0 Å². The van der Waals surface area contributed by atoms with Crippen LogP contribution in [0.25, 0.3) is 0 Å². The monoisotopic (exact) mass is 501 g/mol. The molecule has 2 aromatic rings. The molecule has 0 aliphatic carbocycles. The highest BCUT2D eigenvalue weighted by atomic mass is 32.2. The molecular weight excluding hydrogens is 448 g/mol. The second kappa shape index (κ2) is 19.9. The van der Waals surface area contributed by atoms with E-state index in [9.17, 15) is 0 Å². The van der Waals surface area contributed by atoms with Crippen molar-refractivity contribution >= 4 is 11.8 Å². The van der Waals surface area contributed by atoms with E-state index in [1.165, 1.54) is 114 Å². The maximum absolute atomic E-state index is 4.84. The van der Waals surface area contributed by atoms with Gasteiger partial charge in [0.15, 0.2) is 0 Å². The third-order valence-electron chi connectivity index (χ3n) is 7.05. The zero-order chi connectivity index (χ0) is 25.0. The number of imidazole rings is 2. The molecule has 2 rings (SSSR count). The smallest absolute Gasteiger partial charge is 0.120 e. The summed E-state index contributed by atoms with van der Waals surface area (Å²) in [6.07, 6.45) is 29.9.